The van der Waals surface area contributed by atoms with Crippen LogP contribution < -0.4 is 14.5 Å². The molecule has 0 fully saturated rings. The van der Waals surface area contributed by atoms with Gasteiger partial charge in [0.2, 0.25) is 5.91 Å². The second-order valence-electron chi connectivity index (χ2n) is 8.20. The molecule has 3 aromatic carbocycles. The number of anilines is 2. The number of ether oxygens (including phenoxy) is 1. The van der Waals surface area contributed by atoms with Crippen LogP contribution in [0.5, 0.6) is 5.75 Å². The van der Waals surface area contributed by atoms with E-state index in [1.54, 1.807) is 20.1 Å². The van der Waals surface area contributed by atoms with Crippen molar-refractivity contribution in [3.8, 4) is 5.75 Å². The highest BCUT2D eigenvalue weighted by Gasteiger charge is 2.37. The maximum atomic E-state index is 13.6. The number of para-hydroxylation sites is 2. The highest BCUT2D eigenvalue weighted by molar-refractivity contribution is 6.05. The Kier molecular flexibility index (Phi) is 6.59. The van der Waals surface area contributed by atoms with Crippen LogP contribution in [0.15, 0.2) is 84.9 Å². The molecule has 1 heterocycles. The first-order chi connectivity index (χ1) is 16.0. The van der Waals surface area contributed by atoms with Crippen molar-refractivity contribution < 1.29 is 14.3 Å². The second kappa shape index (κ2) is 9.74. The molecular formula is C28H28N2O3. The van der Waals surface area contributed by atoms with Gasteiger partial charge in [-0.25, -0.2) is 0 Å². The van der Waals surface area contributed by atoms with Gasteiger partial charge < -0.3 is 14.5 Å². The van der Waals surface area contributed by atoms with E-state index < -0.39 is 0 Å². The van der Waals surface area contributed by atoms with Gasteiger partial charge in [-0.2, -0.15) is 0 Å². The average Bonchev–Trinajstić information content (AvgIpc) is 2.83. The van der Waals surface area contributed by atoms with E-state index in [4.69, 9.17) is 4.74 Å². The van der Waals surface area contributed by atoms with Crippen molar-refractivity contribution in [2.24, 2.45) is 0 Å². The number of methoxy groups -OCH3 is 1. The van der Waals surface area contributed by atoms with Crippen LogP contribution in [0.4, 0.5) is 11.4 Å². The fourth-order valence-electron chi connectivity index (χ4n) is 4.52. The molecule has 2 amide bonds. The molecule has 4 rings (SSSR count). The van der Waals surface area contributed by atoms with Gasteiger partial charge in [-0.3, -0.25) is 9.59 Å². The van der Waals surface area contributed by atoms with Crippen molar-refractivity contribution in [3.05, 3.63) is 96.1 Å². The van der Waals surface area contributed by atoms with E-state index in [9.17, 15) is 9.59 Å². The molecule has 168 valence electrons. The van der Waals surface area contributed by atoms with Crippen LogP contribution in [-0.2, 0) is 9.59 Å². The maximum absolute atomic E-state index is 13.6. The molecule has 0 bridgehead atoms. The van der Waals surface area contributed by atoms with Crippen molar-refractivity contribution in [1.29, 1.82) is 0 Å². The number of nitrogens with zero attached hydrogens (tertiary/aromatic N) is 2. The van der Waals surface area contributed by atoms with E-state index >= 15 is 0 Å². The van der Waals surface area contributed by atoms with Gasteiger partial charge in [-0.15, -0.1) is 0 Å². The van der Waals surface area contributed by atoms with Gasteiger partial charge in [-0.1, -0.05) is 48.5 Å². The maximum Gasteiger partial charge on any atom is 0.251 e. The monoisotopic (exact) mass is 440 g/mol. The summed E-state index contributed by atoms with van der Waals surface area (Å²) in [4.78, 5) is 29.7. The van der Waals surface area contributed by atoms with Gasteiger partial charge in [0.05, 0.1) is 13.2 Å². The van der Waals surface area contributed by atoms with Crippen LogP contribution in [-0.4, -0.2) is 25.0 Å². The fraction of sp³-hybridized carbons (Fsp3) is 0.214. The number of carbonyl (C=O) groups excluding carboxylic acids is 2. The Labute approximate surface area is 194 Å². The Morgan fingerprint density at radius 2 is 1.64 bits per heavy atom. The molecule has 5 heteroatoms. The van der Waals surface area contributed by atoms with Gasteiger partial charge in [0.15, 0.2) is 0 Å². The molecule has 33 heavy (non-hydrogen) atoms. The molecule has 3 aromatic rings. The van der Waals surface area contributed by atoms with E-state index in [0.717, 1.165) is 28.3 Å². The number of amides is 2. The summed E-state index contributed by atoms with van der Waals surface area (Å²) in [5.41, 5.74) is 3.57. The van der Waals surface area contributed by atoms with Gasteiger partial charge in [0.25, 0.3) is 5.91 Å². The third-order valence-electron chi connectivity index (χ3n) is 6.02. The Hall–Kier alpha value is -3.86. The molecule has 0 radical (unpaired) electrons. The molecule has 0 saturated heterocycles. The normalized spacial score (nSPS) is 17.5. The van der Waals surface area contributed by atoms with Crippen LogP contribution in [0.25, 0.3) is 6.08 Å². The summed E-state index contributed by atoms with van der Waals surface area (Å²) in [6.45, 7) is 3.62. The summed E-state index contributed by atoms with van der Waals surface area (Å²) >= 11 is 0. The second-order valence-corrected chi connectivity index (χ2v) is 8.20. The Balaban J connectivity index is 1.73. The number of fused-ring (bicyclic) bond motifs is 1. The van der Waals surface area contributed by atoms with E-state index in [0.29, 0.717) is 6.42 Å². The van der Waals surface area contributed by atoms with Crippen molar-refractivity contribution in [2.75, 3.05) is 16.9 Å². The predicted molar refractivity (Wildman–Crippen MR) is 132 cm³/mol. The summed E-state index contributed by atoms with van der Waals surface area (Å²) in [6.07, 6.45) is 4.07. The Bertz CT molecular complexity index is 1160. The van der Waals surface area contributed by atoms with Crippen molar-refractivity contribution in [2.45, 2.75) is 32.4 Å². The topological polar surface area (TPSA) is 49.9 Å². The van der Waals surface area contributed by atoms with Crippen molar-refractivity contribution >= 4 is 29.3 Å². The van der Waals surface area contributed by atoms with Gasteiger partial charge in [-0.05, 0) is 60.9 Å². The number of hydrogen-bond donors (Lipinski definition) is 0. The fourth-order valence-corrected chi connectivity index (χ4v) is 4.52. The van der Waals surface area contributed by atoms with E-state index in [1.165, 1.54) is 0 Å². The lowest BCUT2D eigenvalue weighted by atomic mass is 9.90. The first-order valence-electron chi connectivity index (χ1n) is 11.1. The average molecular weight is 441 g/mol. The quantitative estimate of drug-likeness (QED) is 0.483. The lowest BCUT2D eigenvalue weighted by Crippen LogP contribution is -2.46. The minimum atomic E-state index is -0.192. The minimum Gasteiger partial charge on any atom is -0.497 e. The molecule has 5 nitrogen and oxygen atoms in total. The standard InChI is InChI=1S/C28H28N2O3/c1-20-19-27(25-11-7-8-12-26(25)29(20)21(2)31)30(23-9-5-4-6-10-23)28(32)18-15-22-13-16-24(33-3)17-14-22/h4-18,20,27H,19H2,1-3H3. The summed E-state index contributed by atoms with van der Waals surface area (Å²) in [5, 5.41) is 0. The van der Waals surface area contributed by atoms with E-state index in [2.05, 4.69) is 0 Å². The molecule has 0 spiro atoms. The first-order valence-corrected chi connectivity index (χ1v) is 11.1. The smallest absolute Gasteiger partial charge is 0.251 e. The van der Waals surface area contributed by atoms with Crippen LogP contribution in [0.3, 0.4) is 0 Å². The lowest BCUT2D eigenvalue weighted by molar-refractivity contribution is -0.117. The van der Waals surface area contributed by atoms with Gasteiger partial charge in [0.1, 0.15) is 5.75 Å². The molecule has 2 atom stereocenters. The van der Waals surface area contributed by atoms with Crippen molar-refractivity contribution in [3.63, 3.8) is 0 Å². The summed E-state index contributed by atoms with van der Waals surface area (Å²) in [5.74, 6) is 0.665. The molecule has 0 N–H and O–H groups in total. The van der Waals surface area contributed by atoms with Crippen LogP contribution in [0.1, 0.15) is 37.4 Å². The summed E-state index contributed by atoms with van der Waals surface area (Å²) in [7, 11) is 1.63. The summed E-state index contributed by atoms with van der Waals surface area (Å²) < 4.78 is 5.21. The zero-order valence-electron chi connectivity index (χ0n) is 19.1. The third kappa shape index (κ3) is 4.67. The number of hydrogen-bond acceptors (Lipinski definition) is 3. The Morgan fingerprint density at radius 3 is 2.30 bits per heavy atom. The Morgan fingerprint density at radius 1 is 0.970 bits per heavy atom. The van der Waals surface area contributed by atoms with Crippen LogP contribution in [0, 0.1) is 0 Å². The molecule has 0 saturated carbocycles. The van der Waals surface area contributed by atoms with Crippen LogP contribution >= 0.6 is 0 Å². The molecular weight excluding hydrogens is 412 g/mol. The predicted octanol–water partition coefficient (Wildman–Crippen LogP) is 5.63. The number of benzene rings is 3. The number of carbonyl (C=O) groups is 2. The first kappa shape index (κ1) is 22.3. The zero-order chi connectivity index (χ0) is 23.4. The third-order valence-corrected chi connectivity index (χ3v) is 6.02. The van der Waals surface area contributed by atoms with E-state index in [-0.39, 0.29) is 23.9 Å². The number of rotatable bonds is 5. The minimum absolute atomic E-state index is 0.00499. The highest BCUT2D eigenvalue weighted by atomic mass is 16.5. The van der Waals surface area contributed by atoms with Gasteiger partial charge >= 0.3 is 0 Å². The molecule has 0 aliphatic carbocycles. The highest BCUT2D eigenvalue weighted by Crippen LogP contribution is 2.42. The van der Waals surface area contributed by atoms with Crippen molar-refractivity contribution in [1.82, 2.24) is 0 Å². The van der Waals surface area contributed by atoms with E-state index in [1.807, 2.05) is 102 Å². The van der Waals surface area contributed by atoms with Gasteiger partial charge in [0, 0.05) is 30.4 Å². The lowest BCUT2D eigenvalue weighted by Gasteiger charge is -2.43. The zero-order valence-corrected chi connectivity index (χ0v) is 19.1. The molecule has 2 unspecified atom stereocenters. The molecule has 1 aliphatic rings. The van der Waals surface area contributed by atoms with Crippen LogP contribution in [0.2, 0.25) is 0 Å². The molecule has 0 aromatic heterocycles. The summed E-state index contributed by atoms with van der Waals surface area (Å²) in [6, 6.07) is 24.9. The largest absolute Gasteiger partial charge is 0.497 e. The molecule has 1 aliphatic heterocycles. The SMILES string of the molecule is COc1ccc(C=CC(=O)N(c2ccccc2)C2CC(C)N(C(C)=O)c3ccccc32)cc1.